The van der Waals surface area contributed by atoms with Crippen molar-refractivity contribution in [3.63, 3.8) is 0 Å². The van der Waals surface area contributed by atoms with Crippen molar-refractivity contribution in [2.45, 2.75) is 12.8 Å². The molecule has 6 nitrogen and oxygen atoms in total. The van der Waals surface area contributed by atoms with E-state index < -0.39 is 0 Å². The first kappa shape index (κ1) is 16.6. The van der Waals surface area contributed by atoms with Crippen LogP contribution in [0.3, 0.4) is 0 Å². The largest absolute Gasteiger partial charge is 0.454 e. The van der Waals surface area contributed by atoms with Gasteiger partial charge in [-0.3, -0.25) is 4.79 Å². The second-order valence-corrected chi connectivity index (χ2v) is 6.39. The summed E-state index contributed by atoms with van der Waals surface area (Å²) in [6, 6.07) is 13.4. The van der Waals surface area contributed by atoms with Gasteiger partial charge in [0.2, 0.25) is 5.91 Å². The molecule has 134 valence electrons. The lowest BCUT2D eigenvalue weighted by molar-refractivity contribution is -0.119. The second-order valence-electron chi connectivity index (χ2n) is 6.39. The molecule has 26 heavy (non-hydrogen) atoms. The zero-order valence-electron chi connectivity index (χ0n) is 14.7. The number of rotatable bonds is 3. The molecule has 6 heteroatoms. The van der Waals surface area contributed by atoms with Gasteiger partial charge < -0.3 is 19.7 Å². The van der Waals surface area contributed by atoms with E-state index in [4.69, 9.17) is 14.5 Å². The Hall–Kier alpha value is -2.86. The molecule has 2 aromatic rings. The summed E-state index contributed by atoms with van der Waals surface area (Å²) < 4.78 is 11.0. The Kier molecular flexibility index (Phi) is 4.58. The Morgan fingerprint density at radius 1 is 1.19 bits per heavy atom. The number of hydrogen-bond donors (Lipinski definition) is 1. The van der Waals surface area contributed by atoms with E-state index >= 15 is 0 Å². The summed E-state index contributed by atoms with van der Waals surface area (Å²) in [6.45, 7) is 1.97. The molecule has 0 aliphatic carbocycles. The van der Waals surface area contributed by atoms with E-state index in [0.717, 1.165) is 54.5 Å². The minimum atomic E-state index is -0.190. The minimum Gasteiger partial charge on any atom is -0.454 e. The van der Waals surface area contributed by atoms with Gasteiger partial charge in [0.1, 0.15) is 23.9 Å². The van der Waals surface area contributed by atoms with Gasteiger partial charge in [-0.25, -0.2) is 4.99 Å². The number of para-hydroxylation sites is 2. The number of ether oxygens (including phenoxy) is 2. The van der Waals surface area contributed by atoms with E-state index in [9.17, 15) is 4.79 Å². The van der Waals surface area contributed by atoms with Gasteiger partial charge >= 0.3 is 0 Å². The van der Waals surface area contributed by atoms with E-state index in [-0.39, 0.29) is 12.5 Å². The lowest BCUT2D eigenvalue weighted by atomic mass is 10.1. The van der Waals surface area contributed by atoms with Crippen molar-refractivity contribution in [3.8, 4) is 11.5 Å². The number of methoxy groups -OCH3 is 1. The van der Waals surface area contributed by atoms with Crippen LogP contribution in [-0.4, -0.2) is 43.4 Å². The Morgan fingerprint density at radius 2 is 2.00 bits per heavy atom. The van der Waals surface area contributed by atoms with Gasteiger partial charge in [-0.05, 0) is 43.2 Å². The van der Waals surface area contributed by atoms with E-state index in [1.165, 1.54) is 7.11 Å². The van der Waals surface area contributed by atoms with Crippen molar-refractivity contribution < 1.29 is 14.3 Å². The molecule has 0 aromatic heterocycles. The molecule has 1 saturated heterocycles. The standard InChI is InChI=1S/C20H21N3O3/c1-25-13-19(24)21-14-8-9-17-15(12-14)20(23-10-4-5-11-23)22-16-6-2-3-7-18(16)26-17/h2-3,6-9,12H,4-5,10-11,13H2,1H3,(H,21,24). The van der Waals surface area contributed by atoms with Gasteiger partial charge in [-0.1, -0.05) is 12.1 Å². The highest BCUT2D eigenvalue weighted by Crippen LogP contribution is 2.39. The number of amides is 1. The number of nitrogens with zero attached hydrogens (tertiary/aromatic N) is 2. The topological polar surface area (TPSA) is 63.2 Å². The Labute approximate surface area is 152 Å². The number of nitrogens with one attached hydrogen (secondary N) is 1. The van der Waals surface area contributed by atoms with Gasteiger partial charge in [0.05, 0.1) is 5.56 Å². The van der Waals surface area contributed by atoms with Crippen LogP contribution in [0.1, 0.15) is 18.4 Å². The quantitative estimate of drug-likeness (QED) is 0.918. The monoisotopic (exact) mass is 351 g/mol. The van der Waals surface area contributed by atoms with Crippen molar-refractivity contribution in [2.75, 3.05) is 32.1 Å². The van der Waals surface area contributed by atoms with Gasteiger partial charge in [-0.15, -0.1) is 0 Å². The van der Waals surface area contributed by atoms with Crippen LogP contribution in [0.5, 0.6) is 11.5 Å². The number of benzene rings is 2. The molecule has 0 radical (unpaired) electrons. The number of fused-ring (bicyclic) bond motifs is 2. The maximum absolute atomic E-state index is 11.9. The molecule has 2 aromatic carbocycles. The fourth-order valence-corrected chi connectivity index (χ4v) is 3.30. The SMILES string of the molecule is COCC(=O)Nc1ccc2c(c1)C(N1CCCC1)=Nc1ccccc1O2. The molecule has 2 heterocycles. The van der Waals surface area contributed by atoms with Crippen LogP contribution in [0, 0.1) is 0 Å². The van der Waals surface area contributed by atoms with Gasteiger partial charge in [-0.2, -0.15) is 0 Å². The molecule has 4 rings (SSSR count). The van der Waals surface area contributed by atoms with Crippen molar-refractivity contribution in [1.29, 1.82) is 0 Å². The first-order valence-corrected chi connectivity index (χ1v) is 8.78. The average Bonchev–Trinajstić information content (AvgIpc) is 3.11. The Balaban J connectivity index is 1.76. The fraction of sp³-hybridized carbons (Fsp3) is 0.300. The summed E-state index contributed by atoms with van der Waals surface area (Å²) in [5, 5.41) is 2.85. The molecule has 0 atom stereocenters. The van der Waals surface area contributed by atoms with E-state index in [0.29, 0.717) is 5.69 Å². The lowest BCUT2D eigenvalue weighted by Crippen LogP contribution is -2.28. The zero-order valence-corrected chi connectivity index (χ0v) is 14.7. The smallest absolute Gasteiger partial charge is 0.250 e. The summed E-state index contributed by atoms with van der Waals surface area (Å²) in [6.07, 6.45) is 2.31. The van der Waals surface area contributed by atoms with Crippen molar-refractivity contribution in [2.24, 2.45) is 4.99 Å². The summed E-state index contributed by atoms with van der Waals surface area (Å²) in [5.41, 5.74) is 2.40. The van der Waals surface area contributed by atoms with E-state index in [1.807, 2.05) is 42.5 Å². The second kappa shape index (κ2) is 7.17. The van der Waals surface area contributed by atoms with Gasteiger partial charge in [0, 0.05) is 25.9 Å². The Morgan fingerprint density at radius 3 is 2.81 bits per heavy atom. The van der Waals surface area contributed by atoms with Crippen LogP contribution in [0.25, 0.3) is 0 Å². The highest BCUT2D eigenvalue weighted by atomic mass is 16.5. The van der Waals surface area contributed by atoms with Crippen LogP contribution in [0.4, 0.5) is 11.4 Å². The molecule has 1 fully saturated rings. The van der Waals surface area contributed by atoms with Crippen LogP contribution in [0.15, 0.2) is 47.5 Å². The van der Waals surface area contributed by atoms with E-state index in [2.05, 4.69) is 10.2 Å². The molecule has 0 bridgehead atoms. The van der Waals surface area contributed by atoms with Crippen LogP contribution >= 0.6 is 0 Å². The number of aliphatic imine (C=N–C) groups is 1. The number of likely N-dealkylation sites (tertiary alicyclic amines) is 1. The first-order valence-electron chi connectivity index (χ1n) is 8.78. The molecule has 2 aliphatic rings. The first-order chi connectivity index (χ1) is 12.7. The number of anilines is 1. The normalized spacial score (nSPS) is 15.4. The highest BCUT2D eigenvalue weighted by Gasteiger charge is 2.25. The third-order valence-electron chi connectivity index (χ3n) is 4.50. The number of carbonyl (C=O) groups is 1. The maximum atomic E-state index is 11.9. The van der Waals surface area contributed by atoms with Gasteiger partial charge in [0.15, 0.2) is 5.75 Å². The fourth-order valence-electron chi connectivity index (χ4n) is 3.30. The minimum absolute atomic E-state index is 0.0199. The Bertz CT molecular complexity index is 857. The average molecular weight is 351 g/mol. The van der Waals surface area contributed by atoms with Crippen molar-refractivity contribution in [3.05, 3.63) is 48.0 Å². The molecular weight excluding hydrogens is 330 g/mol. The predicted octanol–water partition coefficient (Wildman–Crippen LogP) is 3.55. The van der Waals surface area contributed by atoms with E-state index in [1.54, 1.807) is 0 Å². The van der Waals surface area contributed by atoms with Crippen molar-refractivity contribution >= 4 is 23.1 Å². The third-order valence-corrected chi connectivity index (χ3v) is 4.50. The summed E-state index contributed by atoms with van der Waals surface area (Å²) in [5.74, 6) is 2.18. The highest BCUT2D eigenvalue weighted by molar-refractivity contribution is 6.05. The molecule has 1 N–H and O–H groups in total. The number of amidine groups is 1. The molecular formula is C20H21N3O3. The zero-order chi connectivity index (χ0) is 17.9. The predicted molar refractivity (Wildman–Crippen MR) is 100 cm³/mol. The molecule has 0 spiro atoms. The molecule has 0 unspecified atom stereocenters. The molecule has 0 saturated carbocycles. The summed E-state index contributed by atoms with van der Waals surface area (Å²) in [4.78, 5) is 19.0. The van der Waals surface area contributed by atoms with Crippen LogP contribution < -0.4 is 10.1 Å². The van der Waals surface area contributed by atoms with Crippen LogP contribution in [0.2, 0.25) is 0 Å². The lowest BCUT2D eigenvalue weighted by Gasteiger charge is -2.21. The van der Waals surface area contributed by atoms with Crippen molar-refractivity contribution in [1.82, 2.24) is 4.90 Å². The number of hydrogen-bond acceptors (Lipinski definition) is 5. The van der Waals surface area contributed by atoms with Crippen LogP contribution in [-0.2, 0) is 9.53 Å². The third kappa shape index (κ3) is 3.28. The van der Waals surface area contributed by atoms with Gasteiger partial charge in [0.25, 0.3) is 0 Å². The number of carbonyl (C=O) groups excluding carboxylic acids is 1. The summed E-state index contributed by atoms with van der Waals surface area (Å²) >= 11 is 0. The summed E-state index contributed by atoms with van der Waals surface area (Å²) in [7, 11) is 1.50. The maximum Gasteiger partial charge on any atom is 0.250 e. The molecule has 1 amide bonds. The molecule has 2 aliphatic heterocycles.